The number of amides is 2. The van der Waals surface area contributed by atoms with Crippen molar-refractivity contribution in [2.24, 2.45) is 0 Å². The lowest BCUT2D eigenvalue weighted by molar-refractivity contribution is -0.123. The molecule has 1 saturated heterocycles. The lowest BCUT2D eigenvalue weighted by atomic mass is 10.0. The van der Waals surface area contributed by atoms with Crippen LogP contribution in [-0.4, -0.2) is 43.4 Å². The maximum Gasteiger partial charge on any atom is 0.414 e. The van der Waals surface area contributed by atoms with Gasteiger partial charge in [-0.2, -0.15) is 0 Å². The number of para-hydroxylation sites is 2. The molecule has 0 bridgehead atoms. The van der Waals surface area contributed by atoms with Gasteiger partial charge in [0.05, 0.1) is 13.1 Å². The number of nitrogens with one attached hydrogen (secondary N) is 1. The van der Waals surface area contributed by atoms with Gasteiger partial charge in [0.2, 0.25) is 0 Å². The molecule has 0 saturated carbocycles. The van der Waals surface area contributed by atoms with Gasteiger partial charge in [-0.1, -0.05) is 30.3 Å². The van der Waals surface area contributed by atoms with Crippen LogP contribution in [-0.2, 0) is 16.0 Å². The molecule has 2 heterocycles. The number of nitrogens with zero attached hydrogens (tertiary/aromatic N) is 1. The summed E-state index contributed by atoms with van der Waals surface area (Å²) in [6, 6.07) is 15.0. The number of rotatable bonds is 6. The van der Waals surface area contributed by atoms with Gasteiger partial charge in [0.1, 0.15) is 11.7 Å². The Bertz CT molecular complexity index is 913. The summed E-state index contributed by atoms with van der Waals surface area (Å²) < 4.78 is 17.0. The highest BCUT2D eigenvalue weighted by atomic mass is 16.6. The van der Waals surface area contributed by atoms with E-state index >= 15 is 0 Å². The number of anilines is 1. The van der Waals surface area contributed by atoms with Crippen molar-refractivity contribution in [3.05, 3.63) is 54.1 Å². The summed E-state index contributed by atoms with van der Waals surface area (Å²) in [5, 5.41) is 2.76. The molecule has 1 fully saturated rings. The van der Waals surface area contributed by atoms with Crippen molar-refractivity contribution in [2.75, 3.05) is 24.6 Å². The molecule has 2 aromatic carbocycles. The minimum Gasteiger partial charge on any atom is -0.483 e. The summed E-state index contributed by atoms with van der Waals surface area (Å²) in [5.41, 5.74) is 1.57. The summed E-state index contributed by atoms with van der Waals surface area (Å²) in [5.74, 6) is 0.980. The Morgan fingerprint density at radius 2 is 2.00 bits per heavy atom. The van der Waals surface area contributed by atoms with E-state index in [4.69, 9.17) is 14.2 Å². The van der Waals surface area contributed by atoms with E-state index in [-0.39, 0.29) is 24.7 Å². The van der Waals surface area contributed by atoms with Crippen LogP contribution < -0.4 is 19.7 Å². The monoisotopic (exact) mass is 396 g/mol. The normalized spacial score (nSPS) is 19.3. The van der Waals surface area contributed by atoms with Crippen molar-refractivity contribution < 1.29 is 23.8 Å². The van der Waals surface area contributed by atoms with Gasteiger partial charge in [0.25, 0.3) is 5.91 Å². The number of hydrogen-bond donors (Lipinski definition) is 1. The van der Waals surface area contributed by atoms with E-state index in [1.54, 1.807) is 11.0 Å². The Morgan fingerprint density at radius 1 is 1.21 bits per heavy atom. The summed E-state index contributed by atoms with van der Waals surface area (Å²) in [6.45, 7) is 4.52. The van der Waals surface area contributed by atoms with Gasteiger partial charge in [-0.05, 0) is 32.0 Å². The van der Waals surface area contributed by atoms with E-state index in [2.05, 4.69) is 5.32 Å². The minimum atomic E-state index is -0.411. The number of hydrogen-bond acceptors (Lipinski definition) is 5. The second-order valence-corrected chi connectivity index (χ2v) is 7.83. The highest BCUT2D eigenvalue weighted by molar-refractivity contribution is 5.89. The maximum absolute atomic E-state index is 12.2. The van der Waals surface area contributed by atoms with Crippen LogP contribution in [0.4, 0.5) is 10.5 Å². The molecule has 7 nitrogen and oxygen atoms in total. The molecule has 4 rings (SSSR count). The smallest absolute Gasteiger partial charge is 0.414 e. The van der Waals surface area contributed by atoms with Crippen LogP contribution in [0.3, 0.4) is 0 Å². The molecule has 1 atom stereocenters. The zero-order valence-electron chi connectivity index (χ0n) is 16.5. The number of benzene rings is 2. The minimum absolute atomic E-state index is 0.136. The zero-order valence-corrected chi connectivity index (χ0v) is 16.5. The van der Waals surface area contributed by atoms with Crippen molar-refractivity contribution >= 4 is 17.7 Å². The standard InChI is InChI=1S/C22H24N2O5/c1-22(2)11-15-7-6-10-18(20(15)29-22)27-14-19(25)23-12-17-13-24(21(26)28-17)16-8-4-3-5-9-16/h3-10,17H,11-14H2,1-2H3,(H,23,25). The van der Waals surface area contributed by atoms with Crippen LogP contribution in [0.25, 0.3) is 0 Å². The lowest BCUT2D eigenvalue weighted by Crippen LogP contribution is -2.37. The molecule has 2 aromatic rings. The molecule has 2 aliphatic heterocycles. The summed E-state index contributed by atoms with van der Waals surface area (Å²) in [4.78, 5) is 25.8. The number of carbonyl (C=O) groups excluding carboxylic acids is 2. The molecule has 2 amide bonds. The lowest BCUT2D eigenvalue weighted by Gasteiger charge is -2.18. The second kappa shape index (κ2) is 7.66. The molecule has 152 valence electrons. The first kappa shape index (κ1) is 19.1. The summed E-state index contributed by atoms with van der Waals surface area (Å²) in [6.07, 6.45) is -0.0143. The molecular weight excluding hydrogens is 372 g/mol. The predicted octanol–water partition coefficient (Wildman–Crippen LogP) is 2.92. The van der Waals surface area contributed by atoms with Gasteiger partial charge in [-0.3, -0.25) is 9.69 Å². The Morgan fingerprint density at radius 3 is 2.79 bits per heavy atom. The van der Waals surface area contributed by atoms with Crippen LogP contribution >= 0.6 is 0 Å². The summed E-state index contributed by atoms with van der Waals surface area (Å²) >= 11 is 0. The van der Waals surface area contributed by atoms with Crippen molar-refractivity contribution in [1.82, 2.24) is 5.32 Å². The number of fused-ring (bicyclic) bond motifs is 1. The highest BCUT2D eigenvalue weighted by Crippen LogP contribution is 2.41. The van der Waals surface area contributed by atoms with Crippen LogP contribution in [0, 0.1) is 0 Å². The van der Waals surface area contributed by atoms with Crippen molar-refractivity contribution in [3.63, 3.8) is 0 Å². The highest BCUT2D eigenvalue weighted by Gasteiger charge is 2.33. The molecule has 29 heavy (non-hydrogen) atoms. The van der Waals surface area contributed by atoms with Crippen molar-refractivity contribution in [3.8, 4) is 11.5 Å². The van der Waals surface area contributed by atoms with Gasteiger partial charge >= 0.3 is 6.09 Å². The molecular formula is C22H24N2O5. The van der Waals surface area contributed by atoms with Crippen LogP contribution in [0.1, 0.15) is 19.4 Å². The first-order chi connectivity index (χ1) is 13.9. The maximum atomic E-state index is 12.2. The van der Waals surface area contributed by atoms with E-state index < -0.39 is 12.2 Å². The van der Waals surface area contributed by atoms with Crippen molar-refractivity contribution in [2.45, 2.75) is 32.0 Å². The molecule has 0 aromatic heterocycles. The first-order valence-corrected chi connectivity index (χ1v) is 9.65. The van der Waals surface area contributed by atoms with E-state index in [9.17, 15) is 9.59 Å². The SMILES string of the molecule is CC1(C)Cc2cccc(OCC(=O)NCC3CN(c4ccccc4)C(=O)O3)c2O1. The van der Waals surface area contributed by atoms with Crippen LogP contribution in [0.5, 0.6) is 11.5 Å². The Labute approximate surface area is 169 Å². The average molecular weight is 396 g/mol. The van der Waals surface area contributed by atoms with Gasteiger partial charge in [0, 0.05) is 17.7 Å². The fourth-order valence-corrected chi connectivity index (χ4v) is 3.57. The van der Waals surface area contributed by atoms with E-state index in [0.29, 0.717) is 18.0 Å². The van der Waals surface area contributed by atoms with Crippen LogP contribution in [0.15, 0.2) is 48.5 Å². The van der Waals surface area contributed by atoms with Gasteiger partial charge in [-0.25, -0.2) is 4.79 Å². The Kier molecular flexibility index (Phi) is 5.05. The molecule has 0 radical (unpaired) electrons. The Hall–Kier alpha value is -3.22. The van der Waals surface area contributed by atoms with Gasteiger partial charge < -0.3 is 19.5 Å². The van der Waals surface area contributed by atoms with E-state index in [1.807, 2.05) is 56.3 Å². The van der Waals surface area contributed by atoms with E-state index in [1.165, 1.54) is 0 Å². The fraction of sp³-hybridized carbons (Fsp3) is 0.364. The van der Waals surface area contributed by atoms with Crippen LogP contribution in [0.2, 0.25) is 0 Å². The molecule has 0 spiro atoms. The quantitative estimate of drug-likeness (QED) is 0.812. The molecule has 7 heteroatoms. The topological polar surface area (TPSA) is 77.1 Å². The van der Waals surface area contributed by atoms with Crippen molar-refractivity contribution in [1.29, 1.82) is 0 Å². The molecule has 1 N–H and O–H groups in total. The zero-order chi connectivity index (χ0) is 20.4. The third kappa shape index (κ3) is 4.29. The third-order valence-electron chi connectivity index (χ3n) is 4.88. The number of cyclic esters (lactones) is 1. The second-order valence-electron chi connectivity index (χ2n) is 7.83. The van der Waals surface area contributed by atoms with E-state index in [0.717, 1.165) is 17.7 Å². The average Bonchev–Trinajstić information content (AvgIpc) is 3.23. The predicted molar refractivity (Wildman–Crippen MR) is 107 cm³/mol. The number of ether oxygens (including phenoxy) is 3. The summed E-state index contributed by atoms with van der Waals surface area (Å²) in [7, 11) is 0. The third-order valence-corrected chi connectivity index (χ3v) is 4.88. The first-order valence-electron chi connectivity index (χ1n) is 9.65. The Balaban J connectivity index is 1.27. The molecule has 1 unspecified atom stereocenters. The largest absolute Gasteiger partial charge is 0.483 e. The number of carbonyl (C=O) groups is 2. The van der Waals surface area contributed by atoms with Gasteiger partial charge in [-0.15, -0.1) is 0 Å². The fourth-order valence-electron chi connectivity index (χ4n) is 3.57. The molecule has 0 aliphatic carbocycles. The van der Waals surface area contributed by atoms with Gasteiger partial charge in [0.15, 0.2) is 18.1 Å². The molecule has 2 aliphatic rings.